The maximum atomic E-state index is 6.40. The second-order valence-electron chi connectivity index (χ2n) is 10.3. The lowest BCUT2D eigenvalue weighted by atomic mass is 9.93. The van der Waals surface area contributed by atoms with Crippen LogP contribution in [0.15, 0.2) is 97.2 Å². The van der Waals surface area contributed by atoms with Gasteiger partial charge in [-0.1, -0.05) is 23.7 Å². The van der Waals surface area contributed by atoms with Crippen molar-refractivity contribution in [1.29, 1.82) is 0 Å². The summed E-state index contributed by atoms with van der Waals surface area (Å²) in [5.74, 6) is 2.25. The van der Waals surface area contributed by atoms with Crippen LogP contribution < -0.4 is 19.7 Å². The quantitative estimate of drug-likeness (QED) is 0.191. The molecule has 1 N–H and O–H groups in total. The first kappa shape index (κ1) is 27.8. The van der Waals surface area contributed by atoms with Crippen LogP contribution in [0, 0.1) is 20.8 Å². The lowest BCUT2D eigenvalue weighted by Crippen LogP contribution is -2.29. The molecule has 1 fully saturated rings. The van der Waals surface area contributed by atoms with E-state index in [4.69, 9.17) is 38.3 Å². The number of pyridine rings is 1. The lowest BCUT2D eigenvalue weighted by molar-refractivity contribution is 0.413. The molecule has 212 valence electrons. The Bertz CT molecular complexity index is 1740. The molecule has 3 heterocycles. The van der Waals surface area contributed by atoms with Crippen LogP contribution in [0.3, 0.4) is 0 Å². The van der Waals surface area contributed by atoms with E-state index in [1.165, 1.54) is 11.1 Å². The minimum absolute atomic E-state index is 0.139. The number of nitrogens with zero attached hydrogens (tertiary/aromatic N) is 3. The number of anilines is 1. The van der Waals surface area contributed by atoms with Gasteiger partial charge in [0.1, 0.15) is 17.2 Å². The minimum Gasteiger partial charge on any atom is -0.497 e. The fraction of sp³-hybridized carbons (Fsp3) is 0.176. The molecule has 0 amide bonds. The summed E-state index contributed by atoms with van der Waals surface area (Å²) in [6, 6.07) is 29.2. The third-order valence-corrected chi connectivity index (χ3v) is 8.43. The van der Waals surface area contributed by atoms with Gasteiger partial charge in [-0.3, -0.25) is 4.98 Å². The van der Waals surface area contributed by atoms with Crippen molar-refractivity contribution in [2.75, 3.05) is 12.0 Å². The molecule has 2 aromatic heterocycles. The molecule has 8 heteroatoms. The number of thiocarbonyl (C=S) groups is 1. The molecule has 1 aliphatic rings. The van der Waals surface area contributed by atoms with Gasteiger partial charge in [-0.05, 0) is 117 Å². The number of halogens is 1. The predicted molar refractivity (Wildman–Crippen MR) is 172 cm³/mol. The number of hydrogen-bond acceptors (Lipinski definition) is 4. The van der Waals surface area contributed by atoms with Crippen LogP contribution in [-0.4, -0.2) is 21.8 Å². The molecule has 0 spiro atoms. The van der Waals surface area contributed by atoms with Gasteiger partial charge in [0, 0.05) is 39.5 Å². The fourth-order valence-corrected chi connectivity index (χ4v) is 6.36. The van der Waals surface area contributed by atoms with Crippen LogP contribution in [0.5, 0.6) is 17.2 Å². The van der Waals surface area contributed by atoms with Crippen LogP contribution in [0.2, 0.25) is 5.02 Å². The topological polar surface area (TPSA) is 51.6 Å². The highest BCUT2D eigenvalue weighted by Crippen LogP contribution is 2.45. The Morgan fingerprint density at radius 1 is 0.810 bits per heavy atom. The van der Waals surface area contributed by atoms with Crippen LogP contribution in [-0.2, 0) is 0 Å². The van der Waals surface area contributed by atoms with Crippen LogP contribution in [0.1, 0.15) is 40.3 Å². The average molecular weight is 595 g/mol. The van der Waals surface area contributed by atoms with Crippen molar-refractivity contribution in [3.8, 4) is 22.9 Å². The molecule has 0 radical (unpaired) electrons. The van der Waals surface area contributed by atoms with E-state index in [-0.39, 0.29) is 12.1 Å². The van der Waals surface area contributed by atoms with E-state index in [0.29, 0.717) is 10.1 Å². The summed E-state index contributed by atoms with van der Waals surface area (Å²) in [7, 11) is 1.65. The highest BCUT2D eigenvalue weighted by molar-refractivity contribution is 7.80. The van der Waals surface area contributed by atoms with Gasteiger partial charge in [-0.2, -0.15) is 0 Å². The molecule has 3 aromatic carbocycles. The summed E-state index contributed by atoms with van der Waals surface area (Å²) in [5.41, 5.74) is 7.62. The highest BCUT2D eigenvalue weighted by atomic mass is 35.5. The maximum absolute atomic E-state index is 6.40. The average Bonchev–Trinajstić information content (AvgIpc) is 3.45. The first-order chi connectivity index (χ1) is 20.4. The highest BCUT2D eigenvalue weighted by Gasteiger charge is 2.43. The van der Waals surface area contributed by atoms with Gasteiger partial charge in [0.25, 0.3) is 0 Å². The van der Waals surface area contributed by atoms with E-state index in [1.54, 1.807) is 7.11 Å². The normalized spacial score (nSPS) is 16.4. The maximum Gasteiger partial charge on any atom is 0.174 e. The third-order valence-electron chi connectivity index (χ3n) is 7.88. The van der Waals surface area contributed by atoms with E-state index in [2.05, 4.69) is 41.6 Å². The summed E-state index contributed by atoms with van der Waals surface area (Å²) >= 11 is 12.4. The second-order valence-corrected chi connectivity index (χ2v) is 11.1. The molecule has 6 nitrogen and oxygen atoms in total. The van der Waals surface area contributed by atoms with E-state index < -0.39 is 0 Å². The number of benzene rings is 3. The number of nitrogens with one attached hydrogen (secondary N) is 1. The van der Waals surface area contributed by atoms with E-state index in [9.17, 15) is 0 Å². The van der Waals surface area contributed by atoms with Gasteiger partial charge >= 0.3 is 0 Å². The summed E-state index contributed by atoms with van der Waals surface area (Å²) in [6.45, 7) is 6.50. The Morgan fingerprint density at radius 3 is 2.14 bits per heavy atom. The van der Waals surface area contributed by atoms with E-state index in [0.717, 1.165) is 45.7 Å². The molecule has 1 aliphatic heterocycles. The summed E-state index contributed by atoms with van der Waals surface area (Å²) in [4.78, 5) is 6.93. The zero-order valence-electron chi connectivity index (χ0n) is 23.8. The van der Waals surface area contributed by atoms with E-state index in [1.807, 2.05) is 91.1 Å². The van der Waals surface area contributed by atoms with Crippen LogP contribution in [0.25, 0.3) is 5.69 Å². The van der Waals surface area contributed by atoms with Gasteiger partial charge in [-0.25, -0.2) is 0 Å². The summed E-state index contributed by atoms with van der Waals surface area (Å²) < 4.78 is 13.6. The fourth-order valence-electron chi connectivity index (χ4n) is 5.83. The standard InChI is InChI=1S/C34H31ClN4O2S/c1-21-22(2)38(26-9-7-8-24(35)20-26)23(3)31(21)33-32(30-10-5-6-19-36-30)37-34(42)39(33)25-11-13-28(14-12-25)41-29-17-15-27(40-4)16-18-29/h5-20,32-33H,1-4H3,(H,37,42)/t32-,33+/m0/s1. The number of rotatable bonds is 7. The van der Waals surface area contributed by atoms with Crippen molar-refractivity contribution in [1.82, 2.24) is 14.9 Å². The molecule has 0 saturated carbocycles. The van der Waals surface area contributed by atoms with Crippen LogP contribution in [0.4, 0.5) is 5.69 Å². The predicted octanol–water partition coefficient (Wildman–Crippen LogP) is 8.43. The van der Waals surface area contributed by atoms with Gasteiger partial charge in [0.05, 0.1) is 24.9 Å². The smallest absolute Gasteiger partial charge is 0.174 e. The zero-order valence-corrected chi connectivity index (χ0v) is 25.4. The Morgan fingerprint density at radius 2 is 1.50 bits per heavy atom. The van der Waals surface area contributed by atoms with Crippen molar-refractivity contribution in [3.63, 3.8) is 0 Å². The van der Waals surface area contributed by atoms with Crippen molar-refractivity contribution < 1.29 is 9.47 Å². The third kappa shape index (κ3) is 5.10. The van der Waals surface area contributed by atoms with Gasteiger partial charge in [0.2, 0.25) is 0 Å². The Balaban J connectivity index is 1.42. The van der Waals surface area contributed by atoms with Crippen molar-refractivity contribution in [2.45, 2.75) is 32.9 Å². The molecule has 5 aromatic rings. The number of methoxy groups -OCH3 is 1. The first-order valence-electron chi connectivity index (χ1n) is 13.7. The van der Waals surface area contributed by atoms with Crippen LogP contribution >= 0.6 is 23.8 Å². The first-order valence-corrected chi connectivity index (χ1v) is 14.5. The van der Waals surface area contributed by atoms with Crippen molar-refractivity contribution >= 4 is 34.6 Å². The second kappa shape index (κ2) is 11.5. The number of ether oxygens (including phenoxy) is 2. The van der Waals surface area contributed by atoms with Gasteiger partial charge in [-0.15, -0.1) is 0 Å². The monoisotopic (exact) mass is 594 g/mol. The number of hydrogen-bond donors (Lipinski definition) is 1. The Kier molecular flexibility index (Phi) is 7.62. The van der Waals surface area contributed by atoms with Gasteiger partial charge < -0.3 is 24.3 Å². The summed E-state index contributed by atoms with van der Waals surface area (Å²) in [5, 5.41) is 4.93. The van der Waals surface area contributed by atoms with E-state index >= 15 is 0 Å². The molecule has 2 atom stereocenters. The van der Waals surface area contributed by atoms with Gasteiger partial charge in [0.15, 0.2) is 5.11 Å². The molecule has 6 rings (SSSR count). The molecular formula is C34H31ClN4O2S. The molecular weight excluding hydrogens is 564 g/mol. The largest absolute Gasteiger partial charge is 0.497 e. The SMILES string of the molecule is COc1ccc(Oc2ccc(N3C(=S)N[C@@H](c4ccccn4)[C@H]3c3c(C)c(C)n(-c4cccc(Cl)c4)c3C)cc2)cc1. The summed E-state index contributed by atoms with van der Waals surface area (Å²) in [6.07, 6.45) is 1.83. The molecule has 1 saturated heterocycles. The zero-order chi connectivity index (χ0) is 29.4. The molecule has 0 aliphatic carbocycles. The van der Waals surface area contributed by atoms with Crippen molar-refractivity contribution in [2.24, 2.45) is 0 Å². The number of aromatic nitrogens is 2. The molecule has 0 bridgehead atoms. The Hall–Kier alpha value is -4.33. The Labute approximate surface area is 256 Å². The van der Waals surface area contributed by atoms with Crippen molar-refractivity contribution in [3.05, 3.63) is 130 Å². The molecule has 0 unspecified atom stereocenters. The molecule has 42 heavy (non-hydrogen) atoms. The minimum atomic E-state index is -0.152. The lowest BCUT2D eigenvalue weighted by Gasteiger charge is -2.29.